The predicted molar refractivity (Wildman–Crippen MR) is 116 cm³/mol. The minimum atomic E-state index is -0.578. The summed E-state index contributed by atoms with van der Waals surface area (Å²) in [4.78, 5) is 24.7. The average Bonchev–Trinajstić information content (AvgIpc) is 2.74. The maximum Gasteiger partial charge on any atom is 0.321 e. The van der Waals surface area contributed by atoms with Gasteiger partial charge in [0.25, 0.3) is 5.91 Å². The number of benzene rings is 2. The molecule has 0 saturated carbocycles. The van der Waals surface area contributed by atoms with Crippen LogP contribution in [0.2, 0.25) is 0 Å². The van der Waals surface area contributed by atoms with E-state index in [1.54, 1.807) is 6.92 Å². The largest absolute Gasteiger partial charge is 0.490 e. The van der Waals surface area contributed by atoms with Gasteiger partial charge in [-0.2, -0.15) is 0 Å². The number of ether oxygens (including phenoxy) is 2. The number of hydrogen-bond acceptors (Lipinski definition) is 4. The number of amides is 3. The zero-order valence-corrected chi connectivity index (χ0v) is 18.1. The highest BCUT2D eigenvalue weighted by Crippen LogP contribution is 2.30. The zero-order valence-electron chi connectivity index (χ0n) is 18.1. The molecule has 0 aliphatic rings. The normalized spacial score (nSPS) is 12.5. The molecule has 0 aromatic heterocycles. The van der Waals surface area contributed by atoms with E-state index in [0.717, 1.165) is 11.1 Å². The maximum absolute atomic E-state index is 12.9. The van der Waals surface area contributed by atoms with Crippen LogP contribution < -0.4 is 25.4 Å². The Morgan fingerprint density at radius 3 is 2.23 bits per heavy atom. The highest BCUT2D eigenvalue weighted by atomic mass is 16.5. The molecule has 4 N–H and O–H groups in total. The van der Waals surface area contributed by atoms with Crippen molar-refractivity contribution in [1.29, 1.82) is 0 Å². The van der Waals surface area contributed by atoms with Crippen LogP contribution in [0.5, 0.6) is 11.5 Å². The lowest BCUT2D eigenvalue weighted by atomic mass is 10.0. The smallest absolute Gasteiger partial charge is 0.321 e. The summed E-state index contributed by atoms with van der Waals surface area (Å²) in [5.74, 6) is 1.01. The first-order valence-electron chi connectivity index (χ1n) is 10.4. The lowest BCUT2D eigenvalue weighted by molar-refractivity contribution is -0.719. The fourth-order valence-corrected chi connectivity index (χ4v) is 3.16. The molecule has 0 spiro atoms. The van der Waals surface area contributed by atoms with E-state index in [2.05, 4.69) is 10.6 Å². The summed E-state index contributed by atoms with van der Waals surface area (Å²) in [5, 5.41) is 6.96. The summed E-state index contributed by atoms with van der Waals surface area (Å²) >= 11 is 0. The Kier molecular flexibility index (Phi) is 9.15. The van der Waals surface area contributed by atoms with Gasteiger partial charge in [-0.25, -0.2) is 4.79 Å². The van der Waals surface area contributed by atoms with Crippen LogP contribution >= 0.6 is 0 Å². The topological polar surface area (TPSA) is 93.3 Å². The van der Waals surface area contributed by atoms with Crippen LogP contribution in [0.4, 0.5) is 4.79 Å². The third-order valence-electron chi connectivity index (χ3n) is 4.59. The second kappa shape index (κ2) is 11.8. The summed E-state index contributed by atoms with van der Waals surface area (Å²) in [6.07, 6.45) is 0. The highest BCUT2D eigenvalue weighted by Gasteiger charge is 2.28. The molecular weight excluding hydrogens is 382 g/mol. The van der Waals surface area contributed by atoms with E-state index in [0.29, 0.717) is 31.3 Å². The summed E-state index contributed by atoms with van der Waals surface area (Å²) in [7, 11) is 0. The standard InChI is InChI=1S/C23H31N3O4/c1-5-24-23(28)26-22(27)21(17-11-9-8-10-12-17)25-16(4)18-13-14-19(29-6-2)20(15-18)30-7-3/h8-16,21,25H,5-7H2,1-4H3,(H2,24,26,27,28)/p+1/t16-,21-/m0/s1. The number of imide groups is 1. The first kappa shape index (κ1) is 23.2. The lowest BCUT2D eigenvalue weighted by Gasteiger charge is -2.21. The quantitative estimate of drug-likeness (QED) is 0.557. The van der Waals surface area contributed by atoms with E-state index in [4.69, 9.17) is 9.47 Å². The molecule has 0 aliphatic carbocycles. The van der Waals surface area contributed by atoms with Crippen LogP contribution in [0.25, 0.3) is 0 Å². The molecular formula is C23H32N3O4+. The molecule has 7 nitrogen and oxygen atoms in total. The van der Waals surface area contributed by atoms with Crippen molar-refractivity contribution < 1.29 is 24.4 Å². The molecule has 162 valence electrons. The van der Waals surface area contributed by atoms with Gasteiger partial charge in [-0.1, -0.05) is 30.3 Å². The van der Waals surface area contributed by atoms with Crippen molar-refractivity contribution >= 4 is 11.9 Å². The van der Waals surface area contributed by atoms with Gasteiger partial charge in [-0.15, -0.1) is 0 Å². The van der Waals surface area contributed by atoms with Crippen LogP contribution in [0.15, 0.2) is 48.5 Å². The second-order valence-corrected chi connectivity index (χ2v) is 6.79. The Hall–Kier alpha value is -3.06. The minimum Gasteiger partial charge on any atom is -0.490 e. The molecule has 2 rings (SSSR count). The number of nitrogens with two attached hydrogens (primary N) is 1. The molecule has 2 aromatic rings. The molecule has 0 heterocycles. The Bertz CT molecular complexity index is 826. The molecule has 2 atom stereocenters. The van der Waals surface area contributed by atoms with Gasteiger partial charge >= 0.3 is 6.03 Å². The Labute approximate surface area is 178 Å². The summed E-state index contributed by atoms with van der Waals surface area (Å²) in [5.41, 5.74) is 1.82. The lowest BCUT2D eigenvalue weighted by Crippen LogP contribution is -2.88. The Morgan fingerprint density at radius 1 is 0.933 bits per heavy atom. The molecule has 7 heteroatoms. The van der Waals surface area contributed by atoms with Gasteiger partial charge in [0.1, 0.15) is 6.04 Å². The molecule has 0 bridgehead atoms. The van der Waals surface area contributed by atoms with Gasteiger partial charge in [0.2, 0.25) is 0 Å². The number of rotatable bonds is 10. The van der Waals surface area contributed by atoms with E-state index in [9.17, 15) is 9.59 Å². The van der Waals surface area contributed by atoms with Gasteiger partial charge in [0.15, 0.2) is 17.5 Å². The molecule has 3 amide bonds. The minimum absolute atomic E-state index is 0.0647. The number of quaternary nitrogens is 1. The van der Waals surface area contributed by atoms with Crippen molar-refractivity contribution in [3.63, 3.8) is 0 Å². The van der Waals surface area contributed by atoms with Crippen molar-refractivity contribution in [1.82, 2.24) is 10.6 Å². The van der Waals surface area contributed by atoms with Crippen molar-refractivity contribution in [3.8, 4) is 11.5 Å². The number of hydrogen-bond donors (Lipinski definition) is 3. The van der Waals surface area contributed by atoms with Gasteiger partial charge in [-0.05, 0) is 45.9 Å². The van der Waals surface area contributed by atoms with Crippen LogP contribution in [0, 0.1) is 0 Å². The van der Waals surface area contributed by atoms with E-state index in [-0.39, 0.29) is 11.9 Å². The van der Waals surface area contributed by atoms with Crippen molar-refractivity contribution in [2.45, 2.75) is 39.8 Å². The summed E-state index contributed by atoms with van der Waals surface area (Å²) in [6, 6.07) is 14.1. The van der Waals surface area contributed by atoms with Crippen molar-refractivity contribution in [3.05, 3.63) is 59.7 Å². The van der Waals surface area contributed by atoms with Crippen LogP contribution in [-0.4, -0.2) is 31.7 Å². The van der Waals surface area contributed by atoms with Crippen LogP contribution in [0.1, 0.15) is 50.9 Å². The third-order valence-corrected chi connectivity index (χ3v) is 4.59. The van der Waals surface area contributed by atoms with Crippen LogP contribution in [-0.2, 0) is 4.79 Å². The zero-order chi connectivity index (χ0) is 21.9. The predicted octanol–water partition coefficient (Wildman–Crippen LogP) is 2.70. The Balaban J connectivity index is 2.25. The van der Waals surface area contributed by atoms with Gasteiger partial charge in [-0.3, -0.25) is 10.1 Å². The van der Waals surface area contributed by atoms with E-state index in [1.165, 1.54) is 0 Å². The number of carbonyl (C=O) groups is 2. The highest BCUT2D eigenvalue weighted by molar-refractivity contribution is 5.96. The molecule has 2 aromatic carbocycles. The first-order valence-corrected chi connectivity index (χ1v) is 10.4. The molecule has 0 fully saturated rings. The number of urea groups is 1. The number of carbonyl (C=O) groups excluding carboxylic acids is 2. The first-order chi connectivity index (χ1) is 14.5. The molecule has 0 radical (unpaired) electrons. The SMILES string of the molecule is CCNC(=O)NC(=O)[C@@H]([NH2+][C@@H](C)c1ccc(OCC)c(OCC)c1)c1ccccc1. The molecule has 30 heavy (non-hydrogen) atoms. The van der Waals surface area contributed by atoms with E-state index in [1.807, 2.05) is 74.6 Å². The third kappa shape index (κ3) is 6.49. The fraction of sp³-hybridized carbons (Fsp3) is 0.391. The summed E-state index contributed by atoms with van der Waals surface area (Å²) < 4.78 is 11.4. The van der Waals surface area contributed by atoms with E-state index < -0.39 is 12.1 Å². The molecule has 0 unspecified atom stereocenters. The fourth-order valence-electron chi connectivity index (χ4n) is 3.16. The molecule has 0 aliphatic heterocycles. The van der Waals surface area contributed by atoms with Crippen molar-refractivity contribution in [2.75, 3.05) is 19.8 Å². The number of nitrogens with one attached hydrogen (secondary N) is 2. The van der Waals surface area contributed by atoms with Crippen LogP contribution in [0.3, 0.4) is 0 Å². The monoisotopic (exact) mass is 414 g/mol. The Morgan fingerprint density at radius 2 is 1.60 bits per heavy atom. The summed E-state index contributed by atoms with van der Waals surface area (Å²) in [6.45, 7) is 9.20. The van der Waals surface area contributed by atoms with Gasteiger partial charge < -0.3 is 20.1 Å². The van der Waals surface area contributed by atoms with Crippen molar-refractivity contribution in [2.24, 2.45) is 0 Å². The van der Waals surface area contributed by atoms with E-state index >= 15 is 0 Å². The van der Waals surface area contributed by atoms with Gasteiger partial charge in [0.05, 0.1) is 13.2 Å². The second-order valence-electron chi connectivity index (χ2n) is 6.79. The molecule has 0 saturated heterocycles. The average molecular weight is 415 g/mol. The van der Waals surface area contributed by atoms with Gasteiger partial charge in [0, 0.05) is 17.7 Å². The maximum atomic E-state index is 12.9.